The minimum absolute atomic E-state index is 0.00347. The lowest BCUT2D eigenvalue weighted by Crippen LogP contribution is -2.42. The Bertz CT molecular complexity index is 1770. The Morgan fingerprint density at radius 3 is 2.22 bits per heavy atom. The van der Waals surface area contributed by atoms with E-state index in [1.165, 1.54) is 0 Å². The normalized spacial score (nSPS) is 16.0. The fraction of sp³-hybridized carbons (Fsp3) is 0.389. The Kier molecular flexibility index (Phi) is 14.1. The number of nitrogen functional groups attached to an aromatic ring is 1. The number of nitrogens with one attached hydrogen (secondary N) is 4. The van der Waals surface area contributed by atoms with E-state index >= 15 is 0 Å². The standard InChI is InChI=1S/C36H47N9O4/c1-2-3-14-29-44-34-35(27-12-6-7-13-28(27)43-36(34)38)45(29)20-9-8-19-39-30(46)17-18-31(47)41-23-33(49)42-24-32(48)40-22-26-11-5-4-10-25(21-37)15-16-26/h4-7,10-13,15-16H,2-3,8-9,14,17-24,37H2,1H3,(H2,38,43)(H,39,46)(H,40,48)(H,41,47)(H,42,49)/b5-4-,10-4?,11-5?,16-15-,25-10+,25-15?,26-11+,26-16?. The van der Waals surface area contributed by atoms with Crippen LogP contribution in [0.2, 0.25) is 0 Å². The molecule has 0 radical (unpaired) electrons. The molecule has 4 amide bonds. The molecule has 1 aromatic carbocycles. The molecule has 1 aliphatic carbocycles. The first-order chi connectivity index (χ1) is 23.8. The van der Waals surface area contributed by atoms with E-state index in [0.717, 1.165) is 77.6 Å². The van der Waals surface area contributed by atoms with Crippen LogP contribution in [0.1, 0.15) is 51.3 Å². The highest BCUT2D eigenvalue weighted by atomic mass is 16.2. The molecule has 8 N–H and O–H groups in total. The molecule has 0 spiro atoms. The number of nitrogens with two attached hydrogens (primary N) is 2. The molecule has 0 saturated heterocycles. The van der Waals surface area contributed by atoms with Gasteiger partial charge < -0.3 is 37.3 Å². The Morgan fingerprint density at radius 2 is 1.47 bits per heavy atom. The highest BCUT2D eigenvalue weighted by Gasteiger charge is 2.17. The van der Waals surface area contributed by atoms with Crippen LogP contribution in [0.25, 0.3) is 21.9 Å². The summed E-state index contributed by atoms with van der Waals surface area (Å²) in [6, 6.07) is 7.92. The second-order valence-corrected chi connectivity index (χ2v) is 11.8. The maximum Gasteiger partial charge on any atom is 0.239 e. The van der Waals surface area contributed by atoms with E-state index < -0.39 is 11.8 Å². The molecule has 0 bridgehead atoms. The van der Waals surface area contributed by atoms with Crippen molar-refractivity contribution in [3.8, 4) is 0 Å². The highest BCUT2D eigenvalue weighted by Crippen LogP contribution is 2.29. The predicted octanol–water partition coefficient (Wildman–Crippen LogP) is 2.47. The third-order valence-corrected chi connectivity index (χ3v) is 8.01. The number of rotatable bonds is 18. The molecule has 13 nitrogen and oxygen atoms in total. The zero-order valence-electron chi connectivity index (χ0n) is 28.1. The van der Waals surface area contributed by atoms with Crippen LogP contribution >= 0.6 is 0 Å². The summed E-state index contributed by atoms with van der Waals surface area (Å²) in [5, 5.41) is 11.6. The average molecular weight is 670 g/mol. The Hall–Kier alpha value is -5.30. The molecule has 49 heavy (non-hydrogen) atoms. The Labute approximate surface area is 286 Å². The molecule has 0 saturated carbocycles. The largest absolute Gasteiger partial charge is 0.382 e. The molecule has 2 heterocycles. The number of fused-ring (bicyclic) bond motifs is 3. The van der Waals surface area contributed by atoms with Gasteiger partial charge in [-0.25, -0.2) is 9.97 Å². The number of imidazole rings is 1. The zero-order chi connectivity index (χ0) is 35.0. The SMILES string of the molecule is CCCCc1nc2c(N)nc3ccccc3c2n1CCCCNC(=O)CCC(=O)NCC(=O)NCC(=O)NCC1=C/C=C\C=C(CN)/C=C\1. The number of benzene rings is 1. The van der Waals surface area contributed by atoms with Gasteiger partial charge in [0.05, 0.1) is 24.1 Å². The average Bonchev–Trinajstić information content (AvgIpc) is 3.46. The molecule has 1 aliphatic rings. The highest BCUT2D eigenvalue weighted by molar-refractivity contribution is 6.06. The number of para-hydroxylation sites is 1. The number of unbranched alkanes of at least 4 members (excludes halogenated alkanes) is 2. The van der Waals surface area contributed by atoms with Gasteiger partial charge in [0.1, 0.15) is 11.3 Å². The number of pyridine rings is 1. The van der Waals surface area contributed by atoms with Crippen LogP contribution in [0.5, 0.6) is 0 Å². The second-order valence-electron chi connectivity index (χ2n) is 11.8. The summed E-state index contributed by atoms with van der Waals surface area (Å²) in [5.74, 6) is -0.119. The van der Waals surface area contributed by atoms with E-state index in [-0.39, 0.29) is 37.7 Å². The molecule has 2 aromatic heterocycles. The van der Waals surface area contributed by atoms with Gasteiger partial charge in [0.2, 0.25) is 23.6 Å². The predicted molar refractivity (Wildman–Crippen MR) is 192 cm³/mol. The van der Waals surface area contributed by atoms with Crippen molar-refractivity contribution in [3.05, 3.63) is 77.7 Å². The molecule has 0 unspecified atom stereocenters. The lowest BCUT2D eigenvalue weighted by Gasteiger charge is -2.11. The van der Waals surface area contributed by atoms with Gasteiger partial charge in [-0.2, -0.15) is 0 Å². The van der Waals surface area contributed by atoms with Crippen molar-refractivity contribution in [2.75, 3.05) is 38.5 Å². The summed E-state index contributed by atoms with van der Waals surface area (Å²) in [6.07, 6.45) is 15.7. The van der Waals surface area contributed by atoms with Gasteiger partial charge in [0.25, 0.3) is 0 Å². The van der Waals surface area contributed by atoms with E-state index in [0.29, 0.717) is 25.5 Å². The monoisotopic (exact) mass is 669 g/mol. The Balaban J connectivity index is 1.11. The van der Waals surface area contributed by atoms with E-state index in [4.69, 9.17) is 16.5 Å². The smallest absolute Gasteiger partial charge is 0.239 e. The molecule has 13 heteroatoms. The fourth-order valence-electron chi connectivity index (χ4n) is 5.32. The molecule has 0 atom stereocenters. The molecule has 3 aromatic rings. The number of allylic oxidation sites excluding steroid dienone is 4. The van der Waals surface area contributed by atoms with Crippen LogP contribution in [0.3, 0.4) is 0 Å². The number of carbonyl (C=O) groups is 4. The van der Waals surface area contributed by atoms with E-state index in [1.807, 2.05) is 60.7 Å². The van der Waals surface area contributed by atoms with Gasteiger partial charge in [0.15, 0.2) is 5.82 Å². The molecule has 0 aliphatic heterocycles. The van der Waals surface area contributed by atoms with Gasteiger partial charge in [-0.1, -0.05) is 68.0 Å². The molecular weight excluding hydrogens is 622 g/mol. The van der Waals surface area contributed by atoms with Gasteiger partial charge >= 0.3 is 0 Å². The number of hydrogen-bond acceptors (Lipinski definition) is 8. The summed E-state index contributed by atoms with van der Waals surface area (Å²) in [6.45, 7) is 3.54. The lowest BCUT2D eigenvalue weighted by atomic mass is 10.1. The first-order valence-corrected chi connectivity index (χ1v) is 16.8. The number of aryl methyl sites for hydroxylation is 2. The third-order valence-electron chi connectivity index (χ3n) is 8.01. The van der Waals surface area contributed by atoms with Crippen molar-refractivity contribution in [1.82, 2.24) is 35.8 Å². The van der Waals surface area contributed by atoms with Crippen molar-refractivity contribution < 1.29 is 19.2 Å². The molecule has 0 fully saturated rings. The number of amides is 4. The number of aromatic nitrogens is 3. The van der Waals surface area contributed by atoms with Crippen LogP contribution in [0, 0.1) is 0 Å². The van der Waals surface area contributed by atoms with Gasteiger partial charge in [-0.15, -0.1) is 0 Å². The van der Waals surface area contributed by atoms with Crippen LogP contribution in [0.15, 0.2) is 71.9 Å². The van der Waals surface area contributed by atoms with E-state index in [1.54, 1.807) is 0 Å². The van der Waals surface area contributed by atoms with Crippen LogP contribution in [0.4, 0.5) is 5.82 Å². The number of carbonyl (C=O) groups excluding carboxylic acids is 4. The van der Waals surface area contributed by atoms with Gasteiger partial charge in [-0.3, -0.25) is 19.2 Å². The summed E-state index contributed by atoms with van der Waals surface area (Å²) in [4.78, 5) is 58.2. The molecule has 260 valence electrons. The van der Waals surface area contributed by atoms with Crippen molar-refractivity contribution in [2.45, 2.75) is 58.4 Å². The quantitative estimate of drug-likeness (QED) is 0.111. The number of hydrogen-bond donors (Lipinski definition) is 6. The lowest BCUT2D eigenvalue weighted by molar-refractivity contribution is -0.129. The minimum atomic E-state index is -0.505. The second kappa shape index (κ2) is 18.9. The van der Waals surface area contributed by atoms with Gasteiger partial charge in [-0.05, 0) is 36.5 Å². The van der Waals surface area contributed by atoms with Crippen molar-refractivity contribution >= 4 is 51.4 Å². The first-order valence-electron chi connectivity index (χ1n) is 16.8. The molecular formula is C36H47N9O4. The van der Waals surface area contributed by atoms with Gasteiger partial charge in [0, 0.05) is 50.8 Å². The Morgan fingerprint density at radius 1 is 0.796 bits per heavy atom. The van der Waals surface area contributed by atoms with Crippen molar-refractivity contribution in [3.63, 3.8) is 0 Å². The van der Waals surface area contributed by atoms with Crippen molar-refractivity contribution in [2.24, 2.45) is 5.73 Å². The summed E-state index contributed by atoms with van der Waals surface area (Å²) >= 11 is 0. The number of anilines is 1. The fourth-order valence-corrected chi connectivity index (χ4v) is 5.32. The maximum absolute atomic E-state index is 12.4. The van der Waals surface area contributed by atoms with E-state index in [2.05, 4.69) is 37.7 Å². The maximum atomic E-state index is 12.4. The van der Waals surface area contributed by atoms with E-state index in [9.17, 15) is 19.2 Å². The summed E-state index contributed by atoms with van der Waals surface area (Å²) < 4.78 is 2.24. The summed E-state index contributed by atoms with van der Waals surface area (Å²) in [5.41, 5.74) is 16.4. The summed E-state index contributed by atoms with van der Waals surface area (Å²) in [7, 11) is 0. The van der Waals surface area contributed by atoms with Crippen molar-refractivity contribution in [1.29, 1.82) is 0 Å². The number of nitrogens with zero attached hydrogens (tertiary/aromatic N) is 3. The first kappa shape index (κ1) is 36.5. The minimum Gasteiger partial charge on any atom is -0.382 e. The molecule has 4 rings (SSSR count). The van der Waals surface area contributed by atoms with Crippen LogP contribution < -0.4 is 32.7 Å². The zero-order valence-corrected chi connectivity index (χ0v) is 28.1. The third kappa shape index (κ3) is 11.1. The topological polar surface area (TPSA) is 199 Å². The van der Waals surface area contributed by atoms with Crippen LogP contribution in [-0.2, 0) is 32.1 Å². The van der Waals surface area contributed by atoms with Crippen LogP contribution in [-0.4, -0.2) is 70.9 Å².